The van der Waals surface area contributed by atoms with E-state index in [1.807, 2.05) is 0 Å². The first-order chi connectivity index (χ1) is 9.10. The third-order valence-corrected chi connectivity index (χ3v) is 2.86. The van der Waals surface area contributed by atoms with E-state index >= 15 is 0 Å². The van der Waals surface area contributed by atoms with E-state index < -0.39 is 5.97 Å². The van der Waals surface area contributed by atoms with Crippen molar-refractivity contribution in [2.45, 2.75) is 13.3 Å². The molecule has 0 spiro atoms. The van der Waals surface area contributed by atoms with Crippen LogP contribution in [0.15, 0.2) is 22.6 Å². The van der Waals surface area contributed by atoms with Gasteiger partial charge in [0.2, 0.25) is 5.89 Å². The summed E-state index contributed by atoms with van der Waals surface area (Å²) in [4.78, 5) is 11.4. The topological polar surface area (TPSA) is 65.2 Å². The van der Waals surface area contributed by atoms with Crippen LogP contribution in [0.3, 0.4) is 0 Å². The van der Waals surface area contributed by atoms with Crippen LogP contribution in [-0.2, 0) is 11.2 Å². The first-order valence-corrected chi connectivity index (χ1v) is 6.29. The van der Waals surface area contributed by atoms with Gasteiger partial charge < -0.3 is 9.15 Å². The standard InChI is InChI=1S/C12H10Cl2N2O3/c1-2-18-12(17)11-16-15-10(19-11)5-7-3-4-8(13)6-9(7)14/h3-4,6H,2,5H2,1H3. The maximum Gasteiger partial charge on any atom is 0.396 e. The summed E-state index contributed by atoms with van der Waals surface area (Å²) in [6.45, 7) is 1.95. The lowest BCUT2D eigenvalue weighted by Crippen LogP contribution is -2.04. The second kappa shape index (κ2) is 6.04. The number of aromatic nitrogens is 2. The largest absolute Gasteiger partial charge is 0.459 e. The Morgan fingerprint density at radius 1 is 1.37 bits per heavy atom. The highest BCUT2D eigenvalue weighted by Gasteiger charge is 2.16. The smallest absolute Gasteiger partial charge is 0.396 e. The number of carbonyl (C=O) groups excluding carboxylic acids is 1. The second-order valence-corrected chi connectivity index (χ2v) is 4.48. The fraction of sp³-hybridized carbons (Fsp3) is 0.250. The minimum absolute atomic E-state index is 0.165. The Hall–Kier alpha value is -1.59. The maximum absolute atomic E-state index is 11.4. The van der Waals surface area contributed by atoms with Crippen molar-refractivity contribution in [2.24, 2.45) is 0 Å². The Morgan fingerprint density at radius 3 is 2.84 bits per heavy atom. The van der Waals surface area contributed by atoms with Crippen LogP contribution in [0.5, 0.6) is 0 Å². The molecule has 0 N–H and O–H groups in total. The summed E-state index contributed by atoms with van der Waals surface area (Å²) >= 11 is 11.8. The van der Waals surface area contributed by atoms with Crippen LogP contribution in [0.2, 0.25) is 10.0 Å². The summed E-state index contributed by atoms with van der Waals surface area (Å²) < 4.78 is 9.95. The van der Waals surface area contributed by atoms with Gasteiger partial charge in [-0.15, -0.1) is 10.2 Å². The number of ether oxygens (including phenoxy) is 1. The van der Waals surface area contributed by atoms with Gasteiger partial charge in [0.1, 0.15) is 0 Å². The van der Waals surface area contributed by atoms with Gasteiger partial charge in [0, 0.05) is 10.0 Å². The van der Waals surface area contributed by atoms with Crippen molar-refractivity contribution < 1.29 is 13.9 Å². The van der Waals surface area contributed by atoms with Crippen molar-refractivity contribution in [1.29, 1.82) is 0 Å². The molecule has 0 bridgehead atoms. The number of hydrogen-bond acceptors (Lipinski definition) is 5. The summed E-state index contributed by atoms with van der Waals surface area (Å²) in [6, 6.07) is 5.10. The van der Waals surface area contributed by atoms with Gasteiger partial charge in [-0.3, -0.25) is 0 Å². The summed E-state index contributed by atoms with van der Waals surface area (Å²) in [6.07, 6.45) is 0.322. The maximum atomic E-state index is 11.4. The van der Waals surface area contributed by atoms with E-state index in [0.29, 0.717) is 16.5 Å². The molecule has 1 aromatic heterocycles. The van der Waals surface area contributed by atoms with Crippen LogP contribution >= 0.6 is 23.2 Å². The van der Waals surface area contributed by atoms with Crippen molar-refractivity contribution in [3.63, 3.8) is 0 Å². The van der Waals surface area contributed by atoms with Gasteiger partial charge in [0.05, 0.1) is 13.0 Å². The Balaban J connectivity index is 2.13. The monoisotopic (exact) mass is 300 g/mol. The Bertz CT molecular complexity index is 598. The molecule has 0 atom stereocenters. The van der Waals surface area contributed by atoms with Crippen LogP contribution in [0.4, 0.5) is 0 Å². The average molecular weight is 301 g/mol. The number of halogens is 2. The lowest BCUT2D eigenvalue weighted by atomic mass is 10.1. The summed E-state index contributed by atoms with van der Waals surface area (Å²) in [5, 5.41) is 8.44. The van der Waals surface area contributed by atoms with Crippen molar-refractivity contribution in [3.05, 3.63) is 45.6 Å². The summed E-state index contributed by atoms with van der Waals surface area (Å²) in [7, 11) is 0. The molecular weight excluding hydrogens is 291 g/mol. The molecule has 0 aliphatic heterocycles. The van der Waals surface area contributed by atoms with Gasteiger partial charge in [-0.25, -0.2) is 4.79 Å². The average Bonchev–Trinajstić information content (AvgIpc) is 2.82. The molecule has 1 aromatic carbocycles. The summed E-state index contributed by atoms with van der Waals surface area (Å²) in [5.74, 6) is -0.516. The third-order valence-electron chi connectivity index (χ3n) is 2.27. The van der Waals surface area contributed by atoms with Crippen molar-refractivity contribution in [3.8, 4) is 0 Å². The van der Waals surface area contributed by atoms with E-state index in [-0.39, 0.29) is 18.4 Å². The molecule has 0 aliphatic rings. The van der Waals surface area contributed by atoms with E-state index in [1.165, 1.54) is 0 Å². The quantitative estimate of drug-likeness (QED) is 0.812. The molecule has 0 saturated carbocycles. The van der Waals surface area contributed by atoms with E-state index in [2.05, 4.69) is 10.2 Å². The lowest BCUT2D eigenvalue weighted by Gasteiger charge is -2.01. The number of rotatable bonds is 4. The second-order valence-electron chi connectivity index (χ2n) is 3.63. The van der Waals surface area contributed by atoms with Crippen LogP contribution in [0.1, 0.15) is 29.1 Å². The van der Waals surface area contributed by atoms with Gasteiger partial charge in [0.25, 0.3) is 0 Å². The van der Waals surface area contributed by atoms with E-state index in [1.54, 1.807) is 25.1 Å². The SMILES string of the molecule is CCOC(=O)c1nnc(Cc2ccc(Cl)cc2Cl)o1. The van der Waals surface area contributed by atoms with Crippen LogP contribution in [0, 0.1) is 0 Å². The molecule has 19 heavy (non-hydrogen) atoms. The zero-order valence-electron chi connectivity index (χ0n) is 10.0. The minimum atomic E-state index is -0.636. The first-order valence-electron chi connectivity index (χ1n) is 5.53. The molecule has 100 valence electrons. The molecule has 1 heterocycles. The molecule has 5 nitrogen and oxygen atoms in total. The van der Waals surface area contributed by atoms with Gasteiger partial charge in [-0.2, -0.15) is 0 Å². The molecule has 0 fully saturated rings. The Kier molecular flexibility index (Phi) is 4.39. The van der Waals surface area contributed by atoms with Crippen molar-refractivity contribution >= 4 is 29.2 Å². The van der Waals surface area contributed by atoms with Crippen molar-refractivity contribution in [2.75, 3.05) is 6.61 Å². The van der Waals surface area contributed by atoms with E-state index in [4.69, 9.17) is 32.4 Å². The first kappa shape index (κ1) is 13.8. The van der Waals surface area contributed by atoms with Crippen LogP contribution in [0.25, 0.3) is 0 Å². The molecule has 0 unspecified atom stereocenters. The van der Waals surface area contributed by atoms with Crippen LogP contribution in [-0.4, -0.2) is 22.8 Å². The Labute approximate surface area is 119 Å². The molecule has 7 heteroatoms. The van der Waals surface area contributed by atoms with E-state index in [0.717, 1.165) is 5.56 Å². The Morgan fingerprint density at radius 2 is 2.16 bits per heavy atom. The number of esters is 1. The summed E-state index contributed by atoms with van der Waals surface area (Å²) in [5.41, 5.74) is 0.783. The fourth-order valence-corrected chi connectivity index (χ4v) is 1.90. The minimum Gasteiger partial charge on any atom is -0.459 e. The number of benzene rings is 1. The highest BCUT2D eigenvalue weighted by atomic mass is 35.5. The molecule has 0 aliphatic carbocycles. The van der Waals surface area contributed by atoms with Crippen molar-refractivity contribution in [1.82, 2.24) is 10.2 Å². The molecule has 0 amide bonds. The highest BCUT2D eigenvalue weighted by Crippen LogP contribution is 2.23. The molecule has 0 radical (unpaired) electrons. The number of carbonyl (C=O) groups is 1. The zero-order valence-corrected chi connectivity index (χ0v) is 11.5. The van der Waals surface area contributed by atoms with Gasteiger partial charge in [-0.1, -0.05) is 29.3 Å². The van der Waals surface area contributed by atoms with Gasteiger partial charge in [0.15, 0.2) is 0 Å². The number of nitrogens with zero attached hydrogens (tertiary/aromatic N) is 2. The van der Waals surface area contributed by atoms with E-state index in [9.17, 15) is 4.79 Å². The molecular formula is C12H10Cl2N2O3. The zero-order chi connectivity index (χ0) is 13.8. The van der Waals surface area contributed by atoms with Crippen LogP contribution < -0.4 is 0 Å². The molecule has 0 saturated heterocycles. The molecule has 2 aromatic rings. The fourth-order valence-electron chi connectivity index (χ4n) is 1.43. The lowest BCUT2D eigenvalue weighted by molar-refractivity contribution is 0.0479. The van der Waals surface area contributed by atoms with Gasteiger partial charge in [-0.05, 0) is 24.6 Å². The van der Waals surface area contributed by atoms with Gasteiger partial charge >= 0.3 is 11.9 Å². The predicted molar refractivity (Wildman–Crippen MR) is 69.5 cm³/mol. The third kappa shape index (κ3) is 3.45. The molecule has 2 rings (SSSR count). The highest BCUT2D eigenvalue weighted by molar-refractivity contribution is 6.35. The normalized spacial score (nSPS) is 10.5. The predicted octanol–water partition coefficient (Wildman–Crippen LogP) is 3.14. The number of hydrogen-bond donors (Lipinski definition) is 0.